The Morgan fingerprint density at radius 2 is 2.12 bits per heavy atom. The maximum absolute atomic E-state index is 13.1. The van der Waals surface area contributed by atoms with Gasteiger partial charge in [-0.3, -0.25) is 0 Å². The second-order valence-corrected chi connectivity index (χ2v) is 5.63. The minimum atomic E-state index is -0.260. The van der Waals surface area contributed by atoms with E-state index in [2.05, 4.69) is 15.9 Å². The largest absolute Gasteiger partial charge is 0.379 e. The van der Waals surface area contributed by atoms with E-state index in [9.17, 15) is 4.39 Å². The molecule has 0 fully saturated rings. The summed E-state index contributed by atoms with van der Waals surface area (Å²) in [5.74, 6) is -0.260. The van der Waals surface area contributed by atoms with Crippen LogP contribution in [0.2, 0.25) is 0 Å². The lowest BCUT2D eigenvalue weighted by atomic mass is 9.95. The molecule has 2 nitrogen and oxygen atoms in total. The first-order valence-corrected chi connectivity index (χ1v) is 6.41. The average molecular weight is 304 g/mol. The van der Waals surface area contributed by atoms with Crippen molar-refractivity contribution in [2.45, 2.75) is 38.3 Å². The summed E-state index contributed by atoms with van der Waals surface area (Å²) in [5, 5.41) is 0. The van der Waals surface area contributed by atoms with Crippen LogP contribution in [0.25, 0.3) is 0 Å². The van der Waals surface area contributed by atoms with Crippen molar-refractivity contribution in [1.82, 2.24) is 0 Å². The molecule has 1 unspecified atom stereocenters. The van der Waals surface area contributed by atoms with Crippen molar-refractivity contribution >= 4 is 15.9 Å². The minimum Gasteiger partial charge on any atom is -0.379 e. The number of hydrogen-bond acceptors (Lipinski definition) is 2. The lowest BCUT2D eigenvalue weighted by molar-refractivity contribution is 0.0125. The number of halogens is 2. The summed E-state index contributed by atoms with van der Waals surface area (Å²) >= 11 is 3.39. The molecule has 0 aliphatic carbocycles. The Kier molecular flexibility index (Phi) is 5.10. The minimum absolute atomic E-state index is 0.186. The Bertz CT molecular complexity index is 382. The lowest BCUT2D eigenvalue weighted by Gasteiger charge is -2.25. The molecule has 4 heteroatoms. The second kappa shape index (κ2) is 5.94. The molecule has 0 aromatic heterocycles. The van der Waals surface area contributed by atoms with Crippen molar-refractivity contribution in [3.05, 3.63) is 34.1 Å². The predicted octanol–water partition coefficient (Wildman–Crippen LogP) is 3.79. The fraction of sp³-hybridized carbons (Fsp3) is 0.538. The van der Waals surface area contributed by atoms with Gasteiger partial charge in [0, 0.05) is 17.6 Å². The molecule has 1 aromatic carbocycles. The molecule has 2 N–H and O–H groups in total. The van der Waals surface area contributed by atoms with Gasteiger partial charge in [-0.15, -0.1) is 0 Å². The zero-order valence-electron chi connectivity index (χ0n) is 10.5. The van der Waals surface area contributed by atoms with Crippen LogP contribution in [0.5, 0.6) is 0 Å². The van der Waals surface area contributed by atoms with Gasteiger partial charge in [-0.2, -0.15) is 0 Å². The third-order valence-corrected chi connectivity index (χ3v) is 3.69. The first-order chi connectivity index (χ1) is 7.85. The fourth-order valence-corrected chi connectivity index (χ4v) is 2.10. The average Bonchev–Trinajstić information content (AvgIpc) is 2.29. The molecule has 0 saturated heterocycles. The summed E-state index contributed by atoms with van der Waals surface area (Å²) in [6, 6.07) is 4.40. The maximum Gasteiger partial charge on any atom is 0.123 e. The van der Waals surface area contributed by atoms with Gasteiger partial charge in [0.15, 0.2) is 0 Å². The van der Waals surface area contributed by atoms with Crippen molar-refractivity contribution in [2.75, 3.05) is 7.11 Å². The molecule has 0 aliphatic heterocycles. The van der Waals surface area contributed by atoms with E-state index in [4.69, 9.17) is 10.5 Å². The first kappa shape index (κ1) is 14.6. The molecular weight excluding hydrogens is 285 g/mol. The Morgan fingerprint density at radius 1 is 1.47 bits per heavy atom. The van der Waals surface area contributed by atoms with E-state index in [0.29, 0.717) is 0 Å². The highest BCUT2D eigenvalue weighted by molar-refractivity contribution is 9.10. The highest BCUT2D eigenvalue weighted by Crippen LogP contribution is 2.28. The molecular formula is C13H19BrFNO. The topological polar surface area (TPSA) is 35.2 Å². The second-order valence-electron chi connectivity index (χ2n) is 4.77. The van der Waals surface area contributed by atoms with Crippen molar-refractivity contribution in [3.63, 3.8) is 0 Å². The molecule has 0 radical (unpaired) electrons. The monoisotopic (exact) mass is 303 g/mol. The zero-order valence-corrected chi connectivity index (χ0v) is 12.1. The molecule has 0 heterocycles. The highest BCUT2D eigenvalue weighted by atomic mass is 79.9. The van der Waals surface area contributed by atoms with Crippen LogP contribution in [0.3, 0.4) is 0 Å². The van der Waals surface area contributed by atoms with Gasteiger partial charge in [0.05, 0.1) is 5.60 Å². The SMILES string of the molecule is COC(C)(C)CCC(N)c1cc(F)ccc1Br. The van der Waals surface area contributed by atoms with E-state index >= 15 is 0 Å². The predicted molar refractivity (Wildman–Crippen MR) is 71.4 cm³/mol. The van der Waals surface area contributed by atoms with Gasteiger partial charge in [-0.1, -0.05) is 15.9 Å². The molecule has 96 valence electrons. The molecule has 0 amide bonds. The van der Waals surface area contributed by atoms with Crippen molar-refractivity contribution in [1.29, 1.82) is 0 Å². The summed E-state index contributed by atoms with van der Waals surface area (Å²) < 4.78 is 19.3. The number of nitrogens with two attached hydrogens (primary N) is 1. The first-order valence-electron chi connectivity index (χ1n) is 5.61. The van der Waals surface area contributed by atoms with Gasteiger partial charge in [0.1, 0.15) is 5.82 Å². The van der Waals surface area contributed by atoms with E-state index in [1.54, 1.807) is 13.2 Å². The van der Waals surface area contributed by atoms with Gasteiger partial charge in [0.2, 0.25) is 0 Å². The summed E-state index contributed by atoms with van der Waals surface area (Å²) in [6.07, 6.45) is 1.58. The molecule has 0 spiro atoms. The Labute approximate surface area is 110 Å². The smallest absolute Gasteiger partial charge is 0.123 e. The van der Waals surface area contributed by atoms with Crippen LogP contribution >= 0.6 is 15.9 Å². The molecule has 1 atom stereocenters. The van der Waals surface area contributed by atoms with E-state index in [1.807, 2.05) is 13.8 Å². The van der Waals surface area contributed by atoms with E-state index in [-0.39, 0.29) is 17.5 Å². The Hall–Kier alpha value is -0.450. The third-order valence-electron chi connectivity index (χ3n) is 2.97. The van der Waals surface area contributed by atoms with Crippen LogP contribution in [0, 0.1) is 5.82 Å². The van der Waals surface area contributed by atoms with Gasteiger partial charge < -0.3 is 10.5 Å². The lowest BCUT2D eigenvalue weighted by Crippen LogP contribution is -2.24. The van der Waals surface area contributed by atoms with Crippen LogP contribution in [-0.2, 0) is 4.74 Å². The quantitative estimate of drug-likeness (QED) is 0.898. The van der Waals surface area contributed by atoms with Crippen LogP contribution in [0.4, 0.5) is 4.39 Å². The molecule has 0 bridgehead atoms. The van der Waals surface area contributed by atoms with Crippen molar-refractivity contribution in [3.8, 4) is 0 Å². The van der Waals surface area contributed by atoms with Crippen LogP contribution in [0.15, 0.2) is 22.7 Å². The molecule has 1 aromatic rings. The summed E-state index contributed by atoms with van der Waals surface area (Å²) in [7, 11) is 1.68. The number of rotatable bonds is 5. The zero-order chi connectivity index (χ0) is 13.1. The van der Waals surface area contributed by atoms with E-state index in [1.165, 1.54) is 12.1 Å². The van der Waals surface area contributed by atoms with E-state index in [0.717, 1.165) is 22.9 Å². The number of hydrogen-bond donors (Lipinski definition) is 1. The van der Waals surface area contributed by atoms with Gasteiger partial charge in [0.25, 0.3) is 0 Å². The molecule has 1 rings (SSSR count). The van der Waals surface area contributed by atoms with Crippen LogP contribution in [-0.4, -0.2) is 12.7 Å². The van der Waals surface area contributed by atoms with E-state index < -0.39 is 0 Å². The maximum atomic E-state index is 13.1. The Balaban J connectivity index is 2.70. The summed E-state index contributed by atoms with van der Waals surface area (Å²) in [5.41, 5.74) is 6.68. The third kappa shape index (κ3) is 4.37. The molecule has 17 heavy (non-hydrogen) atoms. The Morgan fingerprint density at radius 3 is 2.71 bits per heavy atom. The van der Waals surface area contributed by atoms with Gasteiger partial charge in [-0.25, -0.2) is 4.39 Å². The standard InChI is InChI=1S/C13H19BrFNO/c1-13(2,17-3)7-6-12(16)10-8-9(15)4-5-11(10)14/h4-5,8,12H,6-7,16H2,1-3H3. The van der Waals surface area contributed by atoms with Gasteiger partial charge in [-0.05, 0) is 50.5 Å². The van der Waals surface area contributed by atoms with Crippen molar-refractivity contribution in [2.24, 2.45) is 5.73 Å². The highest BCUT2D eigenvalue weighted by Gasteiger charge is 2.19. The number of benzene rings is 1. The summed E-state index contributed by atoms with van der Waals surface area (Å²) in [4.78, 5) is 0. The van der Waals surface area contributed by atoms with Crippen LogP contribution in [0.1, 0.15) is 38.3 Å². The summed E-state index contributed by atoms with van der Waals surface area (Å²) in [6.45, 7) is 4.03. The molecule has 0 saturated carbocycles. The molecule has 0 aliphatic rings. The fourth-order valence-electron chi connectivity index (χ4n) is 1.56. The number of ether oxygens (including phenoxy) is 1. The normalized spacial score (nSPS) is 13.8. The van der Waals surface area contributed by atoms with Crippen molar-refractivity contribution < 1.29 is 9.13 Å². The van der Waals surface area contributed by atoms with Gasteiger partial charge >= 0.3 is 0 Å². The number of methoxy groups -OCH3 is 1. The van der Waals surface area contributed by atoms with Crippen LogP contribution < -0.4 is 5.73 Å².